The van der Waals surface area contributed by atoms with Crippen LogP contribution in [0.1, 0.15) is 37.0 Å². The second kappa shape index (κ2) is 6.95. The highest BCUT2D eigenvalue weighted by Gasteiger charge is 2.36. The summed E-state index contributed by atoms with van der Waals surface area (Å²) in [4.78, 5) is 0. The van der Waals surface area contributed by atoms with Crippen molar-refractivity contribution in [3.63, 3.8) is 0 Å². The average molecular weight is 361 g/mol. The van der Waals surface area contributed by atoms with Gasteiger partial charge in [0.25, 0.3) is 0 Å². The van der Waals surface area contributed by atoms with Gasteiger partial charge in [-0.15, -0.1) is 0 Å². The first kappa shape index (κ1) is 15.7. The molecule has 0 aromatic heterocycles. The number of ether oxygens (including phenoxy) is 2. The van der Waals surface area contributed by atoms with E-state index in [0.29, 0.717) is 13.2 Å². The zero-order valence-corrected chi connectivity index (χ0v) is 14.4. The van der Waals surface area contributed by atoms with Crippen molar-refractivity contribution in [3.05, 3.63) is 70.2 Å². The molecule has 1 fully saturated rings. The molecule has 3 heteroatoms. The first-order valence-electron chi connectivity index (χ1n) is 7.70. The molecule has 0 amide bonds. The van der Waals surface area contributed by atoms with Crippen LogP contribution in [0, 0.1) is 0 Å². The summed E-state index contributed by atoms with van der Waals surface area (Å²) < 4.78 is 13.3. The van der Waals surface area contributed by atoms with Crippen LogP contribution in [0.4, 0.5) is 0 Å². The van der Waals surface area contributed by atoms with Crippen LogP contribution in [0.15, 0.2) is 59.1 Å². The van der Waals surface area contributed by atoms with Gasteiger partial charge in [0.05, 0.1) is 24.9 Å². The van der Waals surface area contributed by atoms with E-state index in [1.54, 1.807) is 0 Å². The van der Waals surface area contributed by atoms with E-state index >= 15 is 0 Å². The van der Waals surface area contributed by atoms with Gasteiger partial charge in [-0.1, -0.05) is 64.5 Å². The smallest absolute Gasteiger partial charge is 0.0896 e. The topological polar surface area (TPSA) is 18.5 Å². The maximum atomic E-state index is 6.27. The molecule has 0 spiro atoms. The van der Waals surface area contributed by atoms with E-state index < -0.39 is 0 Å². The summed E-state index contributed by atoms with van der Waals surface area (Å²) >= 11 is 3.55. The molecule has 116 valence electrons. The molecule has 0 bridgehead atoms. The fourth-order valence-electron chi connectivity index (χ4n) is 2.90. The van der Waals surface area contributed by atoms with E-state index in [9.17, 15) is 0 Å². The highest BCUT2D eigenvalue weighted by atomic mass is 79.9. The Morgan fingerprint density at radius 1 is 1.14 bits per heavy atom. The summed E-state index contributed by atoms with van der Waals surface area (Å²) in [7, 11) is 0. The Morgan fingerprint density at radius 3 is 2.64 bits per heavy atom. The molecule has 0 saturated carbocycles. The summed E-state index contributed by atoms with van der Waals surface area (Å²) in [6.07, 6.45) is 2.28. The number of rotatable bonds is 5. The van der Waals surface area contributed by atoms with Crippen LogP contribution in [-0.4, -0.2) is 12.2 Å². The van der Waals surface area contributed by atoms with Crippen LogP contribution < -0.4 is 0 Å². The van der Waals surface area contributed by atoms with Crippen LogP contribution >= 0.6 is 15.9 Å². The molecular weight excluding hydrogens is 340 g/mol. The van der Waals surface area contributed by atoms with Crippen LogP contribution in [-0.2, 0) is 16.1 Å². The first-order valence-corrected chi connectivity index (χ1v) is 8.49. The van der Waals surface area contributed by atoms with E-state index in [4.69, 9.17) is 9.47 Å². The maximum Gasteiger partial charge on any atom is 0.0896 e. The molecule has 0 radical (unpaired) electrons. The molecule has 2 aromatic carbocycles. The third-order valence-corrected chi connectivity index (χ3v) is 4.93. The van der Waals surface area contributed by atoms with Crippen molar-refractivity contribution >= 4 is 15.9 Å². The van der Waals surface area contributed by atoms with Crippen LogP contribution in [0.25, 0.3) is 0 Å². The number of halogens is 1. The SMILES string of the molecule is CC1(COCc2ccccc2Br)CCC(c2ccccc2)O1. The molecule has 2 atom stereocenters. The second-order valence-corrected chi connectivity index (χ2v) is 6.94. The van der Waals surface area contributed by atoms with Gasteiger partial charge in [-0.2, -0.15) is 0 Å². The van der Waals surface area contributed by atoms with Crippen molar-refractivity contribution in [2.24, 2.45) is 0 Å². The lowest BCUT2D eigenvalue weighted by molar-refractivity contribution is -0.0850. The van der Waals surface area contributed by atoms with E-state index in [1.165, 1.54) is 11.1 Å². The third-order valence-electron chi connectivity index (χ3n) is 4.16. The van der Waals surface area contributed by atoms with Gasteiger partial charge in [-0.25, -0.2) is 0 Å². The standard InChI is InChI=1S/C19H21BrO2/c1-19(14-21-13-16-9-5-6-10-17(16)20)12-11-18(22-19)15-7-3-2-4-8-15/h2-10,18H,11-14H2,1H3. The summed E-state index contributed by atoms with van der Waals surface area (Å²) in [6, 6.07) is 18.6. The Bertz CT molecular complexity index is 614. The Kier molecular flexibility index (Phi) is 4.97. The highest BCUT2D eigenvalue weighted by molar-refractivity contribution is 9.10. The minimum atomic E-state index is -0.193. The van der Waals surface area contributed by atoms with Gasteiger partial charge in [-0.3, -0.25) is 0 Å². The molecule has 2 nitrogen and oxygen atoms in total. The molecular formula is C19H21BrO2. The van der Waals surface area contributed by atoms with Crippen molar-refractivity contribution in [1.29, 1.82) is 0 Å². The van der Waals surface area contributed by atoms with E-state index in [2.05, 4.69) is 53.2 Å². The Balaban J connectivity index is 1.54. The zero-order valence-electron chi connectivity index (χ0n) is 12.8. The number of hydrogen-bond acceptors (Lipinski definition) is 2. The lowest BCUT2D eigenvalue weighted by atomic mass is 10.0. The fourth-order valence-corrected chi connectivity index (χ4v) is 3.30. The van der Waals surface area contributed by atoms with Gasteiger partial charge in [0.1, 0.15) is 0 Å². The fraction of sp³-hybridized carbons (Fsp3) is 0.368. The number of hydrogen-bond donors (Lipinski definition) is 0. The molecule has 1 heterocycles. The summed E-state index contributed by atoms with van der Waals surface area (Å²) in [5, 5.41) is 0. The van der Waals surface area contributed by atoms with Gasteiger partial charge in [0, 0.05) is 4.47 Å². The van der Waals surface area contributed by atoms with Crippen LogP contribution in [0.5, 0.6) is 0 Å². The van der Waals surface area contributed by atoms with Gasteiger partial charge >= 0.3 is 0 Å². The largest absolute Gasteiger partial charge is 0.374 e. The Morgan fingerprint density at radius 2 is 1.86 bits per heavy atom. The third kappa shape index (κ3) is 3.78. The molecule has 1 saturated heterocycles. The predicted octanol–water partition coefficient (Wildman–Crippen LogP) is 5.28. The van der Waals surface area contributed by atoms with Crippen LogP contribution in [0.2, 0.25) is 0 Å². The van der Waals surface area contributed by atoms with E-state index in [0.717, 1.165) is 17.3 Å². The second-order valence-electron chi connectivity index (χ2n) is 6.09. The monoisotopic (exact) mass is 360 g/mol. The van der Waals surface area contributed by atoms with Crippen LogP contribution in [0.3, 0.4) is 0 Å². The normalized spacial score (nSPS) is 24.5. The van der Waals surface area contributed by atoms with Gasteiger partial charge in [0.2, 0.25) is 0 Å². The van der Waals surface area contributed by atoms with E-state index in [1.807, 2.05) is 24.3 Å². The molecule has 0 N–H and O–H groups in total. The zero-order chi connectivity index (χ0) is 15.4. The summed E-state index contributed by atoms with van der Waals surface area (Å²) in [5.41, 5.74) is 2.24. The van der Waals surface area contributed by atoms with Crippen molar-refractivity contribution in [2.45, 2.75) is 38.1 Å². The average Bonchev–Trinajstić information content (AvgIpc) is 2.93. The predicted molar refractivity (Wildman–Crippen MR) is 91.7 cm³/mol. The maximum absolute atomic E-state index is 6.27. The van der Waals surface area contributed by atoms with Crippen molar-refractivity contribution in [3.8, 4) is 0 Å². The summed E-state index contributed by atoms with van der Waals surface area (Å²) in [6.45, 7) is 3.38. The molecule has 2 aromatic rings. The quantitative estimate of drug-likeness (QED) is 0.722. The minimum absolute atomic E-state index is 0.193. The summed E-state index contributed by atoms with van der Waals surface area (Å²) in [5.74, 6) is 0. The van der Waals surface area contributed by atoms with E-state index in [-0.39, 0.29) is 11.7 Å². The highest BCUT2D eigenvalue weighted by Crippen LogP contribution is 2.39. The molecule has 0 aliphatic carbocycles. The molecule has 2 unspecified atom stereocenters. The lowest BCUT2D eigenvalue weighted by Gasteiger charge is -2.25. The Hall–Kier alpha value is -1.16. The molecule has 1 aliphatic heterocycles. The van der Waals surface area contributed by atoms with Gasteiger partial charge in [0.15, 0.2) is 0 Å². The lowest BCUT2D eigenvalue weighted by Crippen LogP contribution is -2.30. The number of benzene rings is 2. The molecule has 3 rings (SSSR count). The van der Waals surface area contributed by atoms with Gasteiger partial charge in [-0.05, 0) is 37.0 Å². The van der Waals surface area contributed by atoms with Gasteiger partial charge < -0.3 is 9.47 Å². The van der Waals surface area contributed by atoms with Crippen molar-refractivity contribution < 1.29 is 9.47 Å². The first-order chi connectivity index (χ1) is 10.7. The van der Waals surface area contributed by atoms with Crippen molar-refractivity contribution in [2.75, 3.05) is 6.61 Å². The minimum Gasteiger partial charge on any atom is -0.374 e. The molecule has 22 heavy (non-hydrogen) atoms. The molecule has 1 aliphatic rings. The Labute approximate surface area is 140 Å². The van der Waals surface area contributed by atoms with Crippen molar-refractivity contribution in [1.82, 2.24) is 0 Å².